The molecule has 0 aliphatic heterocycles. The van der Waals surface area contributed by atoms with Crippen LogP contribution in [0.3, 0.4) is 0 Å². The fraction of sp³-hybridized carbons (Fsp3) is 0.232. The molecule has 24 heteroatoms. The van der Waals surface area contributed by atoms with Gasteiger partial charge in [-0.2, -0.15) is 0 Å². The van der Waals surface area contributed by atoms with Gasteiger partial charge >= 0.3 is 0 Å². The van der Waals surface area contributed by atoms with Gasteiger partial charge in [0.05, 0.1) is 75.3 Å². The Bertz CT molecular complexity index is 5110. The van der Waals surface area contributed by atoms with Crippen LogP contribution in [0, 0.1) is 59.7 Å². The molecule has 0 radical (unpaired) electrons. The van der Waals surface area contributed by atoms with E-state index in [1.807, 2.05) is 98.7 Å². The molecule has 12 heterocycles. The molecule has 1 aliphatic rings. The summed E-state index contributed by atoms with van der Waals surface area (Å²) in [6, 6.07) is 27.9. The van der Waals surface area contributed by atoms with Crippen molar-refractivity contribution in [3.8, 4) is 58.3 Å². The number of ether oxygens (including phenoxy) is 4. The molecule has 12 aromatic rings. The first-order chi connectivity index (χ1) is 51.2. The Morgan fingerprint density at radius 3 is 1.29 bits per heavy atom. The summed E-state index contributed by atoms with van der Waals surface area (Å²) in [4.78, 5) is 114. The van der Waals surface area contributed by atoms with Crippen LogP contribution in [0.5, 0.6) is 46.0 Å². The molecule has 12 aromatic heterocycles. The van der Waals surface area contributed by atoms with E-state index < -0.39 is 5.82 Å². The van der Waals surface area contributed by atoms with Crippen molar-refractivity contribution in [3.63, 3.8) is 0 Å². The number of nitrogens with zero attached hydrogens (tertiary/aromatic N) is 15. The zero-order chi connectivity index (χ0) is 75.1. The van der Waals surface area contributed by atoms with E-state index in [0.29, 0.717) is 117 Å². The molecule has 0 saturated heterocycles. The van der Waals surface area contributed by atoms with Gasteiger partial charge in [-0.25, -0.2) is 54.2 Å². The van der Waals surface area contributed by atoms with Gasteiger partial charge in [0.1, 0.15) is 75.8 Å². The molecule has 0 spiro atoms. The first-order valence-electron chi connectivity index (χ1n) is 34.2. The van der Waals surface area contributed by atoms with Gasteiger partial charge in [-0.15, -0.1) is 6.42 Å². The molecule has 106 heavy (non-hydrogen) atoms. The predicted molar refractivity (Wildman–Crippen MR) is 393 cm³/mol. The molecule has 1 aliphatic carbocycles. The highest BCUT2D eigenvalue weighted by molar-refractivity contribution is 5.97. The molecule has 1 fully saturated rings. The number of halogens is 1. The number of pyridine rings is 9. The lowest BCUT2D eigenvalue weighted by molar-refractivity contribution is 0.0978. The fourth-order valence-electron chi connectivity index (χ4n) is 10.1. The highest BCUT2D eigenvalue weighted by Crippen LogP contribution is 2.38. The van der Waals surface area contributed by atoms with Crippen LogP contribution in [-0.2, 0) is 44.9 Å². The van der Waals surface area contributed by atoms with Crippen LogP contribution in [-0.4, -0.2) is 97.9 Å². The van der Waals surface area contributed by atoms with Gasteiger partial charge in [0.25, 0.3) is 0 Å². The van der Waals surface area contributed by atoms with E-state index in [4.69, 9.17) is 25.4 Å². The molecule has 0 aromatic carbocycles. The van der Waals surface area contributed by atoms with Crippen molar-refractivity contribution in [1.29, 1.82) is 0 Å². The van der Waals surface area contributed by atoms with Crippen molar-refractivity contribution in [3.05, 3.63) is 291 Å². The largest absolute Gasteiger partial charge is 0.455 e. The highest BCUT2D eigenvalue weighted by atomic mass is 19.1. The zero-order valence-corrected chi connectivity index (χ0v) is 60.1. The molecule has 1 saturated carbocycles. The summed E-state index contributed by atoms with van der Waals surface area (Å²) in [5, 5.41) is 0. The third-order valence-electron chi connectivity index (χ3n) is 16.2. The van der Waals surface area contributed by atoms with Crippen LogP contribution in [0.4, 0.5) is 4.39 Å². The maximum Gasteiger partial charge on any atom is 0.187 e. The Hall–Kier alpha value is -13.0. The van der Waals surface area contributed by atoms with Gasteiger partial charge in [-0.1, -0.05) is 38.8 Å². The minimum absolute atomic E-state index is 0.0924. The summed E-state index contributed by atoms with van der Waals surface area (Å²) in [7, 11) is 0. The van der Waals surface area contributed by atoms with E-state index in [9.17, 15) is 23.6 Å². The Balaban J connectivity index is 0.000000151. The quantitative estimate of drug-likeness (QED) is 0.0401. The smallest absolute Gasteiger partial charge is 0.187 e. The van der Waals surface area contributed by atoms with Gasteiger partial charge in [0.2, 0.25) is 0 Å². The van der Waals surface area contributed by atoms with Gasteiger partial charge < -0.3 is 18.9 Å². The van der Waals surface area contributed by atoms with E-state index in [-0.39, 0.29) is 54.6 Å². The second-order valence-corrected chi connectivity index (χ2v) is 24.7. The maximum atomic E-state index is 13.3. The Labute approximate surface area is 613 Å². The lowest BCUT2D eigenvalue weighted by atomic mass is 10.1. The van der Waals surface area contributed by atoms with Gasteiger partial charge in [-0.3, -0.25) is 44.1 Å². The molecular weight excluding hydrogens is 1340 g/mol. The third-order valence-corrected chi connectivity index (χ3v) is 16.2. The van der Waals surface area contributed by atoms with Crippen molar-refractivity contribution >= 4 is 23.1 Å². The van der Waals surface area contributed by atoms with Gasteiger partial charge in [0.15, 0.2) is 40.4 Å². The van der Waals surface area contributed by atoms with Crippen molar-refractivity contribution < 1.29 is 42.5 Å². The average molecular weight is 1420 g/mol. The molecule has 13 rings (SSSR count). The van der Waals surface area contributed by atoms with Gasteiger partial charge in [0, 0.05) is 136 Å². The second-order valence-electron chi connectivity index (χ2n) is 24.7. The van der Waals surface area contributed by atoms with Crippen LogP contribution in [0.25, 0.3) is 0 Å². The molecule has 0 unspecified atom stereocenters. The number of hydrogen-bond donors (Lipinski definition) is 0. The number of aryl methyl sites for hydroxylation is 9. The summed E-state index contributed by atoms with van der Waals surface area (Å²) >= 11 is 0. The first kappa shape index (κ1) is 75.6. The van der Waals surface area contributed by atoms with Crippen LogP contribution < -0.4 is 18.9 Å². The average Bonchev–Trinajstić information content (AvgIpc) is 1.13. The first-order valence-corrected chi connectivity index (χ1v) is 34.2. The van der Waals surface area contributed by atoms with Crippen LogP contribution in [0.2, 0.25) is 0 Å². The summed E-state index contributed by atoms with van der Waals surface area (Å²) in [6.45, 7) is 17.6. The van der Waals surface area contributed by atoms with Crippen LogP contribution >= 0.6 is 0 Å². The number of terminal acetylenes is 1. The monoisotopic (exact) mass is 1420 g/mol. The number of hydrogen-bond acceptors (Lipinski definition) is 23. The molecule has 0 atom stereocenters. The standard InChI is InChI=1S/C21H20FN3O2.C21H20N4O2.C20H20N4O2.C20H16N4O2/c1-4-16-8-18(27-19-7-15(22)11-23-12-19)10-20(25-16)21(26)9-17-6-5-13(2)14(3)24-17;1-13-3-6-16(22-10-13)8-20(26)19-9-17(7-14(2)25-19)27-18-11-23-21(24-12-18)15-4-5-15;1-4-15-6-17(26-18-10-21-12-22-11-18)8-19(24-15)20(25)7-16-5-13(2)14(3)9-23-16;1-3-14-5-6-16(23-10-14)8-20(25)19-9-17(7-15(4-2)24-19)26-18-11-21-13-22-12-18/h5-8,10-12H,4,9H2,1-3H3;3,6-7,9-12,15H,4-5,8H2,1-2H3;5-6,8-12H,4,7H2,1-3H3;1,5-7,9-13H,4,8H2,2H3. The van der Waals surface area contributed by atoms with E-state index in [0.717, 1.165) is 75.6 Å². The normalized spacial score (nSPS) is 11.2. The number of carbonyl (C=O) groups is 4. The highest BCUT2D eigenvalue weighted by Gasteiger charge is 2.26. The van der Waals surface area contributed by atoms with E-state index in [1.54, 1.807) is 110 Å². The predicted octanol–water partition coefficient (Wildman–Crippen LogP) is 15.1. The molecule has 0 bridgehead atoms. The maximum absolute atomic E-state index is 13.3. The van der Waals surface area contributed by atoms with Gasteiger partial charge in [-0.05, 0) is 126 Å². The number of aromatic nitrogens is 15. The van der Waals surface area contributed by atoms with Crippen molar-refractivity contribution in [2.75, 3.05) is 0 Å². The summed E-state index contributed by atoms with van der Waals surface area (Å²) in [5.41, 5.74) is 13.1. The summed E-state index contributed by atoms with van der Waals surface area (Å²) < 4.78 is 36.3. The number of Topliss-reactive ketones (excluding diaryl/α,β-unsaturated/α-hetero) is 4. The lowest BCUT2D eigenvalue weighted by Gasteiger charge is -2.09. The minimum atomic E-state index is -0.491. The van der Waals surface area contributed by atoms with Crippen molar-refractivity contribution in [2.45, 2.75) is 126 Å². The van der Waals surface area contributed by atoms with E-state index in [1.165, 1.54) is 24.9 Å². The Morgan fingerprint density at radius 2 is 0.840 bits per heavy atom. The Kier molecular flexibility index (Phi) is 26.2. The zero-order valence-electron chi connectivity index (χ0n) is 60.1. The minimum Gasteiger partial charge on any atom is -0.455 e. The third kappa shape index (κ3) is 22.7. The van der Waals surface area contributed by atoms with Crippen molar-refractivity contribution in [1.82, 2.24) is 74.8 Å². The SMILES string of the molecule is C#Cc1ccc(CC(=O)c2cc(Oc3cncnc3)cc(CC)n2)nc1.CCc1cc(Oc2cncc(F)c2)cc(C(=O)Cc2ccc(C)c(C)n2)n1.CCc1cc(Oc2cncnc2)cc(C(=O)Cc2cc(C)c(C)cn2)n1.Cc1ccc(CC(=O)c2cc(Oc3cnc(C4CC4)nc3)cc(C)n2)nc1. The molecule has 23 nitrogen and oxygen atoms in total. The fourth-order valence-corrected chi connectivity index (χ4v) is 10.1. The Morgan fingerprint density at radius 1 is 0.396 bits per heavy atom. The second kappa shape index (κ2) is 36.7. The topological polar surface area (TPSA) is 299 Å². The summed E-state index contributed by atoms with van der Waals surface area (Å²) in [5.74, 6) is 6.74. The van der Waals surface area contributed by atoms with Crippen molar-refractivity contribution in [2.24, 2.45) is 0 Å². The van der Waals surface area contributed by atoms with Crippen LogP contribution in [0.1, 0.15) is 166 Å². The number of carbonyl (C=O) groups excluding carboxylic acids is 4. The lowest BCUT2D eigenvalue weighted by Crippen LogP contribution is -2.09. The molecular formula is C82H76FN15O8. The van der Waals surface area contributed by atoms with E-state index in [2.05, 4.69) is 80.7 Å². The number of ketones is 4. The van der Waals surface area contributed by atoms with E-state index >= 15 is 0 Å². The molecule has 534 valence electrons. The summed E-state index contributed by atoms with van der Waals surface area (Å²) in [6.07, 6.45) is 30.4. The molecule has 0 amide bonds. The molecule has 0 N–H and O–H groups in total. The number of rotatable bonds is 24. The van der Waals surface area contributed by atoms with Crippen LogP contribution in [0.15, 0.2) is 178 Å².